The number of anilines is 4. The SMILES string of the molecule is Cc1cccc(N2CCN(c3nccc(Nc4ccccc4F)n3)CC2)c1. The molecule has 27 heavy (non-hydrogen) atoms. The van der Waals surface area contributed by atoms with Crippen LogP contribution in [-0.2, 0) is 0 Å². The molecule has 1 fully saturated rings. The number of aromatic nitrogens is 2. The number of nitrogens with one attached hydrogen (secondary N) is 1. The summed E-state index contributed by atoms with van der Waals surface area (Å²) in [5, 5.41) is 3.03. The van der Waals surface area contributed by atoms with Crippen LogP contribution >= 0.6 is 0 Å². The molecule has 0 amide bonds. The zero-order valence-corrected chi connectivity index (χ0v) is 15.3. The lowest BCUT2D eigenvalue weighted by Crippen LogP contribution is -2.47. The second-order valence-corrected chi connectivity index (χ2v) is 6.66. The molecule has 1 saturated heterocycles. The summed E-state index contributed by atoms with van der Waals surface area (Å²) >= 11 is 0. The Morgan fingerprint density at radius 3 is 2.48 bits per heavy atom. The minimum atomic E-state index is -0.301. The Bertz CT molecular complexity index is 922. The normalized spacial score (nSPS) is 14.3. The smallest absolute Gasteiger partial charge is 0.227 e. The van der Waals surface area contributed by atoms with Gasteiger partial charge in [0.15, 0.2) is 0 Å². The van der Waals surface area contributed by atoms with Crippen LogP contribution in [0.4, 0.5) is 27.5 Å². The largest absolute Gasteiger partial charge is 0.368 e. The molecule has 6 heteroatoms. The van der Waals surface area contributed by atoms with Crippen LogP contribution in [-0.4, -0.2) is 36.1 Å². The van der Waals surface area contributed by atoms with Gasteiger partial charge in [-0.3, -0.25) is 0 Å². The first-order valence-electron chi connectivity index (χ1n) is 9.10. The van der Waals surface area contributed by atoms with Crippen molar-refractivity contribution in [3.8, 4) is 0 Å². The van der Waals surface area contributed by atoms with E-state index in [2.05, 4.69) is 56.3 Å². The summed E-state index contributed by atoms with van der Waals surface area (Å²) in [7, 11) is 0. The monoisotopic (exact) mass is 363 g/mol. The number of aryl methyl sites for hydroxylation is 1. The Kier molecular flexibility index (Phi) is 4.87. The highest BCUT2D eigenvalue weighted by Crippen LogP contribution is 2.22. The first-order valence-corrected chi connectivity index (χ1v) is 9.10. The van der Waals surface area contributed by atoms with Gasteiger partial charge in [0.25, 0.3) is 0 Å². The number of hydrogen-bond acceptors (Lipinski definition) is 5. The zero-order valence-electron chi connectivity index (χ0n) is 15.3. The van der Waals surface area contributed by atoms with E-state index in [0.717, 1.165) is 26.2 Å². The van der Waals surface area contributed by atoms with Crippen LogP contribution < -0.4 is 15.1 Å². The molecule has 0 radical (unpaired) electrons. The molecule has 0 atom stereocenters. The molecule has 0 bridgehead atoms. The second kappa shape index (κ2) is 7.61. The zero-order chi connectivity index (χ0) is 18.6. The van der Waals surface area contributed by atoms with E-state index in [4.69, 9.17) is 0 Å². The molecule has 0 unspecified atom stereocenters. The van der Waals surface area contributed by atoms with Crippen molar-refractivity contribution in [3.63, 3.8) is 0 Å². The molecule has 2 aromatic carbocycles. The number of halogens is 1. The molecule has 1 N–H and O–H groups in total. The molecular formula is C21H22FN5. The molecule has 4 rings (SSSR count). The van der Waals surface area contributed by atoms with Crippen molar-refractivity contribution >= 4 is 23.1 Å². The van der Waals surface area contributed by atoms with Crippen molar-refractivity contribution in [3.05, 3.63) is 72.2 Å². The lowest BCUT2D eigenvalue weighted by molar-refractivity contribution is 0.631. The number of piperazine rings is 1. The number of hydrogen-bond donors (Lipinski definition) is 1. The van der Waals surface area contributed by atoms with Crippen LogP contribution in [0.25, 0.3) is 0 Å². The Hall–Kier alpha value is -3.15. The van der Waals surface area contributed by atoms with Gasteiger partial charge in [0.2, 0.25) is 5.95 Å². The lowest BCUT2D eigenvalue weighted by atomic mass is 10.2. The van der Waals surface area contributed by atoms with Crippen molar-refractivity contribution in [1.29, 1.82) is 0 Å². The van der Waals surface area contributed by atoms with E-state index in [-0.39, 0.29) is 5.82 Å². The third kappa shape index (κ3) is 4.00. The molecule has 3 aromatic rings. The number of benzene rings is 2. The van der Waals surface area contributed by atoms with Crippen LogP contribution in [0, 0.1) is 12.7 Å². The van der Waals surface area contributed by atoms with Gasteiger partial charge in [-0.15, -0.1) is 0 Å². The Labute approximate surface area is 158 Å². The van der Waals surface area contributed by atoms with E-state index < -0.39 is 0 Å². The van der Waals surface area contributed by atoms with Gasteiger partial charge in [0.05, 0.1) is 5.69 Å². The van der Waals surface area contributed by atoms with Crippen molar-refractivity contribution in [2.45, 2.75) is 6.92 Å². The molecular weight excluding hydrogens is 341 g/mol. The van der Waals surface area contributed by atoms with Gasteiger partial charge < -0.3 is 15.1 Å². The highest BCUT2D eigenvalue weighted by atomic mass is 19.1. The van der Waals surface area contributed by atoms with Gasteiger partial charge in [-0.1, -0.05) is 24.3 Å². The molecule has 1 aliphatic rings. The minimum absolute atomic E-state index is 0.301. The van der Waals surface area contributed by atoms with Crippen LogP contribution in [0.5, 0.6) is 0 Å². The highest BCUT2D eigenvalue weighted by molar-refractivity contribution is 5.58. The van der Waals surface area contributed by atoms with Crippen LogP contribution in [0.15, 0.2) is 60.8 Å². The highest BCUT2D eigenvalue weighted by Gasteiger charge is 2.19. The summed E-state index contributed by atoms with van der Waals surface area (Å²) < 4.78 is 13.8. The summed E-state index contributed by atoms with van der Waals surface area (Å²) in [6, 6.07) is 16.9. The molecule has 0 spiro atoms. The van der Waals surface area contributed by atoms with Crippen LogP contribution in [0.1, 0.15) is 5.56 Å². The van der Waals surface area contributed by atoms with Gasteiger partial charge in [-0.25, -0.2) is 9.37 Å². The fraction of sp³-hybridized carbons (Fsp3) is 0.238. The van der Waals surface area contributed by atoms with Gasteiger partial charge in [-0.2, -0.15) is 4.98 Å². The third-order valence-electron chi connectivity index (χ3n) is 4.71. The average molecular weight is 363 g/mol. The summed E-state index contributed by atoms with van der Waals surface area (Å²) in [6.45, 7) is 5.63. The van der Waals surface area contributed by atoms with E-state index in [1.807, 2.05) is 0 Å². The summed E-state index contributed by atoms with van der Waals surface area (Å²) in [5.41, 5.74) is 2.93. The predicted molar refractivity (Wildman–Crippen MR) is 107 cm³/mol. The minimum Gasteiger partial charge on any atom is -0.368 e. The molecule has 2 heterocycles. The molecule has 1 aliphatic heterocycles. The van der Waals surface area contributed by atoms with Crippen molar-refractivity contribution in [2.24, 2.45) is 0 Å². The van der Waals surface area contributed by atoms with Gasteiger partial charge in [0.1, 0.15) is 11.6 Å². The quantitative estimate of drug-likeness (QED) is 0.759. The molecule has 138 valence electrons. The molecule has 5 nitrogen and oxygen atoms in total. The van der Waals surface area contributed by atoms with Crippen LogP contribution in [0.3, 0.4) is 0 Å². The fourth-order valence-corrected chi connectivity index (χ4v) is 3.26. The number of para-hydroxylation sites is 1. The summed E-state index contributed by atoms with van der Waals surface area (Å²) in [6.07, 6.45) is 1.71. The average Bonchev–Trinajstić information content (AvgIpc) is 2.70. The third-order valence-corrected chi connectivity index (χ3v) is 4.71. The van der Waals surface area contributed by atoms with Gasteiger partial charge >= 0.3 is 0 Å². The second-order valence-electron chi connectivity index (χ2n) is 6.66. The standard InChI is InChI=1S/C21H22FN5/c1-16-5-4-6-17(15-16)26-11-13-27(14-12-26)21-23-10-9-20(25-21)24-19-8-3-2-7-18(19)22/h2-10,15H,11-14H2,1H3,(H,23,24,25). The van der Waals surface area contributed by atoms with E-state index in [9.17, 15) is 4.39 Å². The van der Waals surface area contributed by atoms with E-state index in [1.165, 1.54) is 17.3 Å². The predicted octanol–water partition coefficient (Wildman–Crippen LogP) is 3.99. The number of rotatable bonds is 4. The molecule has 1 aromatic heterocycles. The maximum atomic E-state index is 13.8. The fourth-order valence-electron chi connectivity index (χ4n) is 3.26. The van der Waals surface area contributed by atoms with Crippen LogP contribution in [0.2, 0.25) is 0 Å². The lowest BCUT2D eigenvalue weighted by Gasteiger charge is -2.36. The maximum absolute atomic E-state index is 13.8. The van der Waals surface area contributed by atoms with E-state index >= 15 is 0 Å². The Morgan fingerprint density at radius 2 is 1.70 bits per heavy atom. The van der Waals surface area contributed by atoms with Gasteiger partial charge in [0, 0.05) is 38.1 Å². The van der Waals surface area contributed by atoms with Gasteiger partial charge in [-0.05, 0) is 42.8 Å². The topological polar surface area (TPSA) is 44.3 Å². The van der Waals surface area contributed by atoms with Crippen molar-refractivity contribution in [2.75, 3.05) is 41.3 Å². The molecule has 0 saturated carbocycles. The maximum Gasteiger partial charge on any atom is 0.227 e. The Morgan fingerprint density at radius 1 is 0.926 bits per heavy atom. The van der Waals surface area contributed by atoms with Crippen molar-refractivity contribution < 1.29 is 4.39 Å². The summed E-state index contributed by atoms with van der Waals surface area (Å²) in [4.78, 5) is 13.5. The van der Waals surface area contributed by atoms with E-state index in [1.54, 1.807) is 30.5 Å². The van der Waals surface area contributed by atoms with Crippen molar-refractivity contribution in [1.82, 2.24) is 9.97 Å². The first kappa shape index (κ1) is 17.3. The summed E-state index contributed by atoms with van der Waals surface area (Å²) in [5.74, 6) is 0.955. The Balaban J connectivity index is 1.43. The molecule has 0 aliphatic carbocycles. The number of nitrogens with zero attached hydrogens (tertiary/aromatic N) is 4. The van der Waals surface area contributed by atoms with E-state index in [0.29, 0.717) is 17.5 Å². The first-order chi connectivity index (χ1) is 13.2.